The van der Waals surface area contributed by atoms with Gasteiger partial charge in [-0.25, -0.2) is 4.79 Å². The zero-order valence-electron chi connectivity index (χ0n) is 19.7. The van der Waals surface area contributed by atoms with Crippen molar-refractivity contribution >= 4 is 47.1 Å². The molecule has 2 fully saturated rings. The first-order valence-corrected chi connectivity index (χ1v) is 12.6. The highest BCUT2D eigenvalue weighted by molar-refractivity contribution is 8.01. The van der Waals surface area contributed by atoms with E-state index in [-0.39, 0.29) is 29.4 Å². The molecular weight excluding hydrogens is 508 g/mol. The number of methoxy groups -OCH3 is 2. The summed E-state index contributed by atoms with van der Waals surface area (Å²) in [6.45, 7) is 1.79. The zero-order chi connectivity index (χ0) is 25.8. The number of fused-ring (bicyclic) bond motifs is 2. The summed E-state index contributed by atoms with van der Waals surface area (Å²) in [7, 11) is 2.97. The molecule has 0 saturated carbocycles. The lowest BCUT2D eigenvalue weighted by atomic mass is 9.95. The molecule has 0 spiro atoms. The van der Waals surface area contributed by atoms with Crippen molar-refractivity contribution in [1.29, 1.82) is 0 Å². The van der Waals surface area contributed by atoms with Crippen LogP contribution in [0.5, 0.6) is 11.5 Å². The number of amides is 3. The molecule has 0 aliphatic carbocycles. The third-order valence-electron chi connectivity index (χ3n) is 6.73. The van der Waals surface area contributed by atoms with E-state index in [1.807, 2.05) is 0 Å². The Morgan fingerprint density at radius 2 is 1.78 bits per heavy atom. The summed E-state index contributed by atoms with van der Waals surface area (Å²) in [4.78, 5) is 55.3. The van der Waals surface area contributed by atoms with E-state index in [9.17, 15) is 19.2 Å². The number of imide groups is 1. The predicted molar refractivity (Wildman–Crippen MR) is 131 cm³/mol. The molecule has 2 unspecified atom stereocenters. The van der Waals surface area contributed by atoms with Crippen LogP contribution >= 0.6 is 23.4 Å². The van der Waals surface area contributed by atoms with E-state index in [4.69, 9.17) is 25.8 Å². The zero-order valence-corrected chi connectivity index (χ0v) is 21.3. The van der Waals surface area contributed by atoms with Gasteiger partial charge in [0.1, 0.15) is 35.6 Å². The molecule has 36 heavy (non-hydrogen) atoms. The SMILES string of the molecule is COc1ccc(COC(=O)C2N3C(=O)C(N4C(=O)c5cccc(OC)c5C4=O)[C@@H]3S[C@@]2(C)CCl)cc1. The van der Waals surface area contributed by atoms with Gasteiger partial charge in [0.15, 0.2) is 0 Å². The number of rotatable bonds is 7. The van der Waals surface area contributed by atoms with E-state index in [0.717, 1.165) is 10.5 Å². The van der Waals surface area contributed by atoms with Crippen molar-refractivity contribution in [3.8, 4) is 11.5 Å². The van der Waals surface area contributed by atoms with Gasteiger partial charge in [0.05, 0.1) is 30.1 Å². The van der Waals surface area contributed by atoms with E-state index in [0.29, 0.717) is 5.75 Å². The summed E-state index contributed by atoms with van der Waals surface area (Å²) in [6, 6.07) is 9.80. The topological polar surface area (TPSA) is 102 Å². The number of esters is 1. The number of β-lactam (4-membered cyclic amide) rings is 1. The standard InChI is InChI=1S/C25H23ClN2O7S/c1-25(12-26)19(24(32)35-11-13-7-9-14(33-2)10-8-13)28-22(31)18(23(28)36-25)27-20(29)15-5-4-6-16(34-3)17(15)21(27)30/h4-10,18-19,23H,11-12H2,1-3H3/t18?,19?,23-,25-/m0/s1. The minimum atomic E-state index is -1.05. The maximum Gasteiger partial charge on any atom is 0.330 e. The normalized spacial score (nSPS) is 26.4. The first-order chi connectivity index (χ1) is 17.3. The van der Waals surface area contributed by atoms with Gasteiger partial charge < -0.3 is 19.1 Å². The predicted octanol–water partition coefficient (Wildman–Crippen LogP) is 2.69. The number of carbonyl (C=O) groups is 4. The molecule has 3 aliphatic heterocycles. The molecule has 2 aromatic carbocycles. The smallest absolute Gasteiger partial charge is 0.330 e. The third kappa shape index (κ3) is 3.54. The molecular formula is C25H23ClN2O7S. The second-order valence-corrected chi connectivity index (χ2v) is 10.8. The number of benzene rings is 2. The summed E-state index contributed by atoms with van der Waals surface area (Å²) in [6.07, 6.45) is 0. The Morgan fingerprint density at radius 3 is 2.42 bits per heavy atom. The van der Waals surface area contributed by atoms with Crippen LogP contribution in [0.2, 0.25) is 0 Å². The molecule has 4 atom stereocenters. The first kappa shape index (κ1) is 24.5. The maximum absolute atomic E-state index is 13.4. The molecule has 2 aromatic rings. The highest BCUT2D eigenvalue weighted by atomic mass is 35.5. The van der Waals surface area contributed by atoms with E-state index >= 15 is 0 Å². The molecule has 11 heteroatoms. The molecule has 3 heterocycles. The summed E-state index contributed by atoms with van der Waals surface area (Å²) in [5.74, 6) is -1.25. The number of ether oxygens (including phenoxy) is 3. The van der Waals surface area contributed by atoms with Crippen LogP contribution in [-0.2, 0) is 20.9 Å². The number of alkyl halides is 1. The van der Waals surface area contributed by atoms with Crippen molar-refractivity contribution in [1.82, 2.24) is 9.80 Å². The fourth-order valence-electron chi connectivity index (χ4n) is 4.86. The summed E-state index contributed by atoms with van der Waals surface area (Å²) in [5.41, 5.74) is 1.07. The third-order valence-corrected chi connectivity index (χ3v) is 9.08. The Balaban J connectivity index is 1.36. The lowest BCUT2D eigenvalue weighted by Gasteiger charge is -2.46. The maximum atomic E-state index is 13.4. The van der Waals surface area contributed by atoms with Crippen molar-refractivity contribution < 1.29 is 33.4 Å². The van der Waals surface area contributed by atoms with Crippen LogP contribution in [0, 0.1) is 0 Å². The number of hydrogen-bond donors (Lipinski definition) is 0. The number of hydrogen-bond acceptors (Lipinski definition) is 8. The monoisotopic (exact) mass is 530 g/mol. The van der Waals surface area contributed by atoms with Gasteiger partial charge in [-0.05, 0) is 36.8 Å². The van der Waals surface area contributed by atoms with Gasteiger partial charge in [-0.1, -0.05) is 18.2 Å². The van der Waals surface area contributed by atoms with E-state index in [1.54, 1.807) is 50.4 Å². The van der Waals surface area contributed by atoms with Crippen LogP contribution in [0.1, 0.15) is 33.2 Å². The van der Waals surface area contributed by atoms with Crippen LogP contribution < -0.4 is 9.47 Å². The second kappa shape index (κ2) is 9.01. The largest absolute Gasteiger partial charge is 0.497 e. The van der Waals surface area contributed by atoms with Crippen molar-refractivity contribution in [3.05, 3.63) is 59.2 Å². The van der Waals surface area contributed by atoms with Crippen LogP contribution in [0.25, 0.3) is 0 Å². The number of nitrogens with zero attached hydrogens (tertiary/aromatic N) is 2. The molecule has 0 bridgehead atoms. The first-order valence-electron chi connectivity index (χ1n) is 11.2. The van der Waals surface area contributed by atoms with Crippen LogP contribution in [0.15, 0.2) is 42.5 Å². The Labute approximate surface area is 216 Å². The fraction of sp³-hybridized carbons (Fsp3) is 0.360. The molecule has 3 aliphatic rings. The van der Waals surface area contributed by atoms with Crippen molar-refractivity contribution in [3.63, 3.8) is 0 Å². The molecule has 9 nitrogen and oxygen atoms in total. The van der Waals surface area contributed by atoms with Gasteiger partial charge in [0, 0.05) is 5.88 Å². The molecule has 2 saturated heterocycles. The van der Waals surface area contributed by atoms with Gasteiger partial charge in [0.2, 0.25) is 0 Å². The minimum Gasteiger partial charge on any atom is -0.497 e. The Bertz CT molecular complexity index is 1270. The molecule has 0 N–H and O–H groups in total. The lowest BCUT2D eigenvalue weighted by Crippen LogP contribution is -2.71. The minimum absolute atomic E-state index is 0.0106. The highest BCUT2D eigenvalue weighted by Gasteiger charge is 2.68. The van der Waals surface area contributed by atoms with Gasteiger partial charge >= 0.3 is 5.97 Å². The second-order valence-electron chi connectivity index (χ2n) is 8.87. The van der Waals surface area contributed by atoms with Gasteiger partial charge in [-0.2, -0.15) is 0 Å². The van der Waals surface area contributed by atoms with Crippen LogP contribution in [0.4, 0.5) is 0 Å². The van der Waals surface area contributed by atoms with E-state index < -0.39 is 45.9 Å². The van der Waals surface area contributed by atoms with Crippen molar-refractivity contribution in [2.75, 3.05) is 20.1 Å². The fourth-order valence-corrected chi connectivity index (χ4v) is 6.85. The average molecular weight is 531 g/mol. The van der Waals surface area contributed by atoms with Gasteiger partial charge in [0.25, 0.3) is 17.7 Å². The molecule has 0 aromatic heterocycles. The molecule has 3 amide bonds. The van der Waals surface area contributed by atoms with Gasteiger partial charge in [-0.15, -0.1) is 23.4 Å². The summed E-state index contributed by atoms with van der Waals surface area (Å²) >= 11 is 7.57. The Kier molecular flexibility index (Phi) is 6.12. The van der Waals surface area contributed by atoms with Crippen molar-refractivity contribution in [2.45, 2.75) is 35.7 Å². The molecule has 0 radical (unpaired) electrons. The lowest BCUT2D eigenvalue weighted by molar-refractivity contribution is -0.166. The highest BCUT2D eigenvalue weighted by Crippen LogP contribution is 2.54. The molecule has 5 rings (SSSR count). The van der Waals surface area contributed by atoms with Crippen molar-refractivity contribution in [2.24, 2.45) is 0 Å². The molecule has 188 valence electrons. The van der Waals surface area contributed by atoms with E-state index in [2.05, 4.69) is 0 Å². The average Bonchev–Trinajstić information content (AvgIpc) is 3.32. The quantitative estimate of drug-likeness (QED) is 0.233. The number of carbonyl (C=O) groups excluding carboxylic acids is 4. The van der Waals surface area contributed by atoms with Crippen LogP contribution in [0.3, 0.4) is 0 Å². The van der Waals surface area contributed by atoms with E-state index in [1.165, 1.54) is 29.8 Å². The Hall–Kier alpha value is -3.24. The summed E-state index contributed by atoms with van der Waals surface area (Å²) < 4.78 is 15.1. The summed E-state index contributed by atoms with van der Waals surface area (Å²) in [5, 5.41) is -0.618. The number of halogens is 1. The number of thioether (sulfide) groups is 1. The Morgan fingerprint density at radius 1 is 1.06 bits per heavy atom. The van der Waals surface area contributed by atoms with Gasteiger partial charge in [-0.3, -0.25) is 19.3 Å². The van der Waals surface area contributed by atoms with Crippen LogP contribution in [-0.4, -0.2) is 75.8 Å².